The fourth-order valence-electron chi connectivity index (χ4n) is 4.49. The van der Waals surface area contributed by atoms with Crippen molar-refractivity contribution >= 4 is 101 Å². The SMILES string of the molecule is C=C1[C@H](C(=O)Nc2ccc(Cl)c(S(=O)(=O)Nc3cccc(Cl)c3)c2)[C@H]1C(=O)Nc1ccc(Cl)c(S(=O)(=O)Nc2cccc(Cl)c2)c1. The third kappa shape index (κ3) is 7.60. The molecule has 0 bridgehead atoms. The van der Waals surface area contributed by atoms with Crippen LogP contribution in [0.25, 0.3) is 0 Å². The van der Waals surface area contributed by atoms with Gasteiger partial charge in [0.15, 0.2) is 0 Å². The first-order valence-corrected chi connectivity index (χ1v) is 17.6. The molecule has 1 saturated carbocycles. The molecule has 46 heavy (non-hydrogen) atoms. The largest absolute Gasteiger partial charge is 0.325 e. The van der Waals surface area contributed by atoms with Gasteiger partial charge in [-0.3, -0.25) is 19.0 Å². The number of nitrogens with one attached hydrogen (secondary N) is 4. The molecule has 1 fully saturated rings. The van der Waals surface area contributed by atoms with Crippen LogP contribution in [0.15, 0.2) is 107 Å². The van der Waals surface area contributed by atoms with Crippen molar-refractivity contribution < 1.29 is 26.4 Å². The molecule has 238 valence electrons. The summed E-state index contributed by atoms with van der Waals surface area (Å²) in [5.74, 6) is -3.08. The van der Waals surface area contributed by atoms with E-state index in [9.17, 15) is 26.4 Å². The summed E-state index contributed by atoms with van der Waals surface area (Å²) in [6.45, 7) is 3.81. The first-order valence-electron chi connectivity index (χ1n) is 13.1. The number of hydrogen-bond acceptors (Lipinski definition) is 6. The predicted octanol–water partition coefficient (Wildman–Crippen LogP) is 7.28. The van der Waals surface area contributed by atoms with E-state index in [0.29, 0.717) is 15.6 Å². The van der Waals surface area contributed by atoms with Crippen molar-refractivity contribution in [3.8, 4) is 0 Å². The van der Waals surface area contributed by atoms with Crippen molar-refractivity contribution in [2.45, 2.75) is 9.79 Å². The molecule has 1 aliphatic carbocycles. The lowest BCUT2D eigenvalue weighted by Gasteiger charge is -2.12. The van der Waals surface area contributed by atoms with E-state index >= 15 is 0 Å². The van der Waals surface area contributed by atoms with Crippen molar-refractivity contribution in [1.29, 1.82) is 0 Å². The number of halogens is 4. The number of anilines is 4. The molecule has 0 aliphatic heterocycles. The average molecular weight is 740 g/mol. The van der Waals surface area contributed by atoms with Crippen LogP contribution in [0.3, 0.4) is 0 Å². The molecule has 1 aliphatic rings. The quantitative estimate of drug-likeness (QED) is 0.126. The zero-order chi connectivity index (χ0) is 33.4. The van der Waals surface area contributed by atoms with Crippen LogP contribution in [0.1, 0.15) is 0 Å². The van der Waals surface area contributed by atoms with Crippen LogP contribution in [-0.2, 0) is 29.6 Å². The molecule has 0 spiro atoms. The highest BCUT2D eigenvalue weighted by atomic mass is 35.5. The standard InChI is InChI=1S/C30H22Cl4N4O6S2/c1-16-27(29(39)35-19-8-10-23(33)25(14-19)45(41,42)37-21-6-2-4-17(31)12-21)28(16)30(40)36-20-9-11-24(34)26(15-20)46(43,44)38-22-7-3-5-18(32)13-22/h2-15,27-28,37-38H,1H2,(H,35,39)(H,36,40)/t27-,28-/m0/s1. The van der Waals surface area contributed by atoms with E-state index in [-0.39, 0.29) is 42.6 Å². The van der Waals surface area contributed by atoms with Gasteiger partial charge in [-0.2, -0.15) is 0 Å². The fraction of sp³-hybridized carbons (Fsp3) is 0.0667. The Hall–Kier alpha value is -3.78. The Morgan fingerprint density at radius 1 is 0.565 bits per heavy atom. The zero-order valence-electron chi connectivity index (χ0n) is 23.2. The summed E-state index contributed by atoms with van der Waals surface area (Å²) in [7, 11) is -8.33. The Morgan fingerprint density at radius 2 is 0.957 bits per heavy atom. The number of hydrogen-bond donors (Lipinski definition) is 4. The van der Waals surface area contributed by atoms with Gasteiger partial charge in [0.2, 0.25) is 11.8 Å². The monoisotopic (exact) mass is 738 g/mol. The second-order valence-electron chi connectivity index (χ2n) is 10.0. The molecule has 4 aromatic rings. The van der Waals surface area contributed by atoms with Gasteiger partial charge in [0.05, 0.1) is 33.3 Å². The second kappa shape index (κ2) is 13.1. The third-order valence-electron chi connectivity index (χ3n) is 6.72. The number of sulfonamides is 2. The van der Waals surface area contributed by atoms with Gasteiger partial charge in [0, 0.05) is 21.4 Å². The number of benzene rings is 4. The van der Waals surface area contributed by atoms with E-state index in [1.807, 2.05) is 0 Å². The number of carbonyl (C=O) groups excluding carboxylic acids is 2. The Balaban J connectivity index is 1.26. The lowest BCUT2D eigenvalue weighted by atomic mass is 10.2. The Labute approximate surface area is 284 Å². The highest BCUT2D eigenvalue weighted by Crippen LogP contribution is 2.46. The molecule has 2 amide bonds. The van der Waals surface area contributed by atoms with Crippen LogP contribution in [0, 0.1) is 11.8 Å². The molecular formula is C30H22Cl4N4O6S2. The molecule has 0 unspecified atom stereocenters. The molecule has 0 aromatic heterocycles. The lowest BCUT2D eigenvalue weighted by molar-refractivity contribution is -0.122. The van der Waals surface area contributed by atoms with Crippen LogP contribution >= 0.6 is 46.4 Å². The molecular weight excluding hydrogens is 718 g/mol. The average Bonchev–Trinajstić information content (AvgIpc) is 3.65. The second-order valence-corrected chi connectivity index (χ2v) is 15.0. The number of amides is 2. The van der Waals surface area contributed by atoms with E-state index in [4.69, 9.17) is 46.4 Å². The molecule has 4 N–H and O–H groups in total. The topological polar surface area (TPSA) is 151 Å². The van der Waals surface area contributed by atoms with E-state index in [2.05, 4.69) is 26.7 Å². The Bertz CT molecular complexity index is 1980. The van der Waals surface area contributed by atoms with Crippen molar-refractivity contribution in [2.75, 3.05) is 20.1 Å². The van der Waals surface area contributed by atoms with Gasteiger partial charge < -0.3 is 10.6 Å². The summed E-state index contributed by atoms with van der Waals surface area (Å²) in [6, 6.07) is 20.0. The lowest BCUT2D eigenvalue weighted by Crippen LogP contribution is -2.21. The number of carbonyl (C=O) groups is 2. The molecule has 10 nitrogen and oxygen atoms in total. The molecule has 16 heteroatoms. The minimum Gasteiger partial charge on any atom is -0.325 e. The van der Waals surface area contributed by atoms with Gasteiger partial charge in [-0.15, -0.1) is 0 Å². The summed E-state index contributed by atoms with van der Waals surface area (Å²) in [6.07, 6.45) is 0. The summed E-state index contributed by atoms with van der Waals surface area (Å²) in [5.41, 5.74) is 0.954. The molecule has 0 radical (unpaired) electrons. The molecule has 5 rings (SSSR count). The van der Waals surface area contributed by atoms with Gasteiger partial charge in [0.25, 0.3) is 20.0 Å². The molecule has 2 atom stereocenters. The molecule has 0 heterocycles. The zero-order valence-corrected chi connectivity index (χ0v) is 27.9. The maximum Gasteiger partial charge on any atom is 0.263 e. The maximum atomic E-state index is 13.1. The highest BCUT2D eigenvalue weighted by Gasteiger charge is 2.52. The van der Waals surface area contributed by atoms with Gasteiger partial charge in [-0.25, -0.2) is 16.8 Å². The summed E-state index contributed by atoms with van der Waals surface area (Å²) in [5, 5.41) is 5.65. The summed E-state index contributed by atoms with van der Waals surface area (Å²) in [4.78, 5) is 25.6. The van der Waals surface area contributed by atoms with Crippen molar-refractivity contribution in [3.05, 3.63) is 117 Å². The maximum absolute atomic E-state index is 13.1. The molecule has 4 aromatic carbocycles. The fourth-order valence-corrected chi connectivity index (χ4v) is 8.03. The Morgan fingerprint density at radius 3 is 1.33 bits per heavy atom. The molecule has 0 saturated heterocycles. The van der Waals surface area contributed by atoms with E-state index in [0.717, 1.165) is 0 Å². The van der Waals surface area contributed by atoms with E-state index in [1.54, 1.807) is 24.3 Å². The van der Waals surface area contributed by atoms with Gasteiger partial charge in [0.1, 0.15) is 9.79 Å². The summed E-state index contributed by atoms with van der Waals surface area (Å²) < 4.78 is 56.9. The van der Waals surface area contributed by atoms with Crippen molar-refractivity contribution in [3.63, 3.8) is 0 Å². The Kier molecular flexibility index (Phi) is 9.60. The first kappa shape index (κ1) is 33.6. The van der Waals surface area contributed by atoms with Crippen LogP contribution in [-0.4, -0.2) is 28.6 Å². The highest BCUT2D eigenvalue weighted by molar-refractivity contribution is 7.93. The van der Waals surface area contributed by atoms with Crippen LogP contribution in [0.5, 0.6) is 0 Å². The smallest absolute Gasteiger partial charge is 0.263 e. The third-order valence-corrected chi connectivity index (χ3v) is 10.9. The van der Waals surface area contributed by atoms with E-state index in [1.165, 1.54) is 60.7 Å². The minimum absolute atomic E-state index is 0.0901. The van der Waals surface area contributed by atoms with Crippen LogP contribution < -0.4 is 20.1 Å². The van der Waals surface area contributed by atoms with Gasteiger partial charge >= 0.3 is 0 Å². The first-order chi connectivity index (χ1) is 21.6. The van der Waals surface area contributed by atoms with E-state index < -0.39 is 43.7 Å². The van der Waals surface area contributed by atoms with Gasteiger partial charge in [-0.1, -0.05) is 70.7 Å². The van der Waals surface area contributed by atoms with Crippen molar-refractivity contribution in [1.82, 2.24) is 0 Å². The number of rotatable bonds is 10. The minimum atomic E-state index is -4.17. The summed E-state index contributed by atoms with van der Waals surface area (Å²) >= 11 is 24.2. The predicted molar refractivity (Wildman–Crippen MR) is 181 cm³/mol. The normalized spacial score (nSPS) is 16.0. The van der Waals surface area contributed by atoms with Gasteiger partial charge in [-0.05, 0) is 72.8 Å². The van der Waals surface area contributed by atoms with Crippen LogP contribution in [0.2, 0.25) is 20.1 Å². The van der Waals surface area contributed by atoms with Crippen LogP contribution in [0.4, 0.5) is 22.7 Å². The van der Waals surface area contributed by atoms with Crippen molar-refractivity contribution in [2.24, 2.45) is 11.8 Å².